The van der Waals surface area contributed by atoms with Crippen molar-refractivity contribution in [1.82, 2.24) is 0 Å². The van der Waals surface area contributed by atoms with E-state index in [4.69, 9.17) is 0 Å². The Balaban J connectivity index is 4.41. The number of allylic oxidation sites excluding steroid dienone is 6. The molecule has 0 aliphatic carbocycles. The number of hydrogen-bond acceptors (Lipinski definition) is 0. The van der Waals surface area contributed by atoms with E-state index in [1.807, 2.05) is 25.2 Å². The number of hydrogen-bond donors (Lipinski definition) is 0. The van der Waals surface area contributed by atoms with Gasteiger partial charge in [0.25, 0.3) is 0 Å². The van der Waals surface area contributed by atoms with Crippen LogP contribution in [0.2, 0.25) is 0 Å². The summed E-state index contributed by atoms with van der Waals surface area (Å²) in [4.78, 5) is 0. The molecule has 0 spiro atoms. The van der Waals surface area contributed by atoms with Crippen LogP contribution < -0.4 is 0 Å². The second-order valence-corrected chi connectivity index (χ2v) is 4.21. The van der Waals surface area contributed by atoms with E-state index in [0.717, 1.165) is 5.57 Å². The lowest BCUT2D eigenvalue weighted by Crippen LogP contribution is -2.04. The Morgan fingerprint density at radius 1 is 1.06 bits per heavy atom. The van der Waals surface area contributed by atoms with Crippen LogP contribution in [-0.4, -0.2) is 0 Å². The predicted octanol–water partition coefficient (Wildman–Crippen LogP) is 5.45. The number of rotatable bonds is 8. The van der Waals surface area contributed by atoms with Crippen molar-refractivity contribution in [3.63, 3.8) is 0 Å². The normalized spacial score (nSPS) is 11.8. The van der Waals surface area contributed by atoms with Gasteiger partial charge in [0.15, 0.2) is 0 Å². The van der Waals surface area contributed by atoms with Crippen LogP contribution in [0.3, 0.4) is 0 Å². The molecule has 0 heteroatoms. The lowest BCUT2D eigenvalue weighted by Gasteiger charge is -2.18. The fourth-order valence-electron chi connectivity index (χ4n) is 1.84. The fourth-order valence-corrected chi connectivity index (χ4v) is 1.84. The summed E-state index contributed by atoms with van der Waals surface area (Å²) >= 11 is 0. The molecule has 0 aromatic carbocycles. The van der Waals surface area contributed by atoms with Gasteiger partial charge in [-0.25, -0.2) is 0 Å². The van der Waals surface area contributed by atoms with E-state index in [1.165, 1.54) is 31.3 Å². The average molecular weight is 218 g/mol. The molecule has 0 aliphatic rings. The molecule has 0 saturated carbocycles. The molecule has 0 radical (unpaired) electrons. The SMILES string of the molecule is C=C(/C=C\C=C/C)C(=C)C(CCC)CCC. The van der Waals surface area contributed by atoms with Crippen LogP contribution in [0.4, 0.5) is 0 Å². The molecule has 0 heterocycles. The van der Waals surface area contributed by atoms with Gasteiger partial charge in [0.05, 0.1) is 0 Å². The Morgan fingerprint density at radius 3 is 2.06 bits per heavy atom. The lowest BCUT2D eigenvalue weighted by molar-refractivity contribution is 0.511. The summed E-state index contributed by atoms with van der Waals surface area (Å²) in [5, 5.41) is 0. The molecule has 0 bridgehead atoms. The lowest BCUT2D eigenvalue weighted by atomic mass is 9.87. The molecular formula is C16H26. The molecule has 0 unspecified atom stereocenters. The van der Waals surface area contributed by atoms with Gasteiger partial charge in [0.1, 0.15) is 0 Å². The molecule has 0 rings (SSSR count). The zero-order chi connectivity index (χ0) is 12.4. The van der Waals surface area contributed by atoms with Crippen LogP contribution in [0.15, 0.2) is 48.6 Å². The van der Waals surface area contributed by atoms with Crippen molar-refractivity contribution in [1.29, 1.82) is 0 Å². The Bertz CT molecular complexity index is 260. The molecule has 0 aromatic heterocycles. The topological polar surface area (TPSA) is 0 Å². The van der Waals surface area contributed by atoms with Gasteiger partial charge in [-0.05, 0) is 36.8 Å². The molecule has 90 valence electrons. The summed E-state index contributed by atoms with van der Waals surface area (Å²) < 4.78 is 0. The minimum absolute atomic E-state index is 0.609. The van der Waals surface area contributed by atoms with E-state index >= 15 is 0 Å². The molecule has 0 N–H and O–H groups in total. The summed E-state index contributed by atoms with van der Waals surface area (Å²) in [6.07, 6.45) is 13.0. The van der Waals surface area contributed by atoms with Crippen molar-refractivity contribution in [2.24, 2.45) is 5.92 Å². The Hall–Kier alpha value is -1.04. The van der Waals surface area contributed by atoms with Gasteiger partial charge in [0.2, 0.25) is 0 Å². The predicted molar refractivity (Wildman–Crippen MR) is 75.5 cm³/mol. The minimum Gasteiger partial charge on any atom is -0.0950 e. The third-order valence-electron chi connectivity index (χ3n) is 2.78. The van der Waals surface area contributed by atoms with Gasteiger partial charge >= 0.3 is 0 Å². The van der Waals surface area contributed by atoms with Crippen LogP contribution in [0.5, 0.6) is 0 Å². The molecule has 0 nitrogen and oxygen atoms in total. The van der Waals surface area contributed by atoms with Crippen LogP contribution in [-0.2, 0) is 0 Å². The first-order chi connectivity index (χ1) is 7.67. The van der Waals surface area contributed by atoms with E-state index in [0.29, 0.717) is 5.92 Å². The largest absolute Gasteiger partial charge is 0.0950 e. The van der Waals surface area contributed by atoms with E-state index < -0.39 is 0 Å². The van der Waals surface area contributed by atoms with Crippen LogP contribution in [0.25, 0.3) is 0 Å². The highest BCUT2D eigenvalue weighted by Crippen LogP contribution is 2.26. The third-order valence-corrected chi connectivity index (χ3v) is 2.78. The van der Waals surface area contributed by atoms with Crippen molar-refractivity contribution >= 4 is 0 Å². The van der Waals surface area contributed by atoms with E-state index in [2.05, 4.69) is 33.1 Å². The third kappa shape index (κ3) is 5.75. The Labute approximate surface area is 101 Å². The summed E-state index contributed by atoms with van der Waals surface area (Å²) in [7, 11) is 0. The zero-order valence-electron chi connectivity index (χ0n) is 11.1. The summed E-state index contributed by atoms with van der Waals surface area (Å²) in [5.74, 6) is 0.609. The van der Waals surface area contributed by atoms with Crippen LogP contribution in [0, 0.1) is 5.92 Å². The molecule has 0 fully saturated rings. The van der Waals surface area contributed by atoms with Crippen molar-refractivity contribution in [2.75, 3.05) is 0 Å². The van der Waals surface area contributed by atoms with Crippen molar-refractivity contribution < 1.29 is 0 Å². The van der Waals surface area contributed by atoms with Gasteiger partial charge in [-0.3, -0.25) is 0 Å². The van der Waals surface area contributed by atoms with Crippen LogP contribution in [0.1, 0.15) is 46.5 Å². The van der Waals surface area contributed by atoms with Crippen molar-refractivity contribution in [3.05, 3.63) is 48.6 Å². The molecule has 0 aliphatic heterocycles. The second kappa shape index (κ2) is 9.21. The summed E-state index contributed by atoms with van der Waals surface area (Å²) in [5.41, 5.74) is 2.29. The maximum atomic E-state index is 4.20. The first-order valence-electron chi connectivity index (χ1n) is 6.34. The minimum atomic E-state index is 0.609. The molecule has 0 aromatic rings. The van der Waals surface area contributed by atoms with Gasteiger partial charge < -0.3 is 0 Å². The monoisotopic (exact) mass is 218 g/mol. The van der Waals surface area contributed by atoms with Gasteiger partial charge in [-0.15, -0.1) is 0 Å². The molecule has 16 heavy (non-hydrogen) atoms. The fraction of sp³-hybridized carbons (Fsp3) is 0.500. The highest BCUT2D eigenvalue weighted by atomic mass is 14.2. The first kappa shape index (κ1) is 15.0. The maximum absolute atomic E-state index is 4.20. The molecule has 0 amide bonds. The second-order valence-electron chi connectivity index (χ2n) is 4.21. The quantitative estimate of drug-likeness (QED) is 0.475. The van der Waals surface area contributed by atoms with Gasteiger partial charge in [-0.2, -0.15) is 0 Å². The highest BCUT2D eigenvalue weighted by molar-refractivity contribution is 5.38. The van der Waals surface area contributed by atoms with E-state index in [-0.39, 0.29) is 0 Å². The van der Waals surface area contributed by atoms with Gasteiger partial charge in [-0.1, -0.05) is 64.2 Å². The Kier molecular flexibility index (Phi) is 8.61. The average Bonchev–Trinajstić information content (AvgIpc) is 2.28. The van der Waals surface area contributed by atoms with Gasteiger partial charge in [0, 0.05) is 0 Å². The Morgan fingerprint density at radius 2 is 1.62 bits per heavy atom. The summed E-state index contributed by atoms with van der Waals surface area (Å²) in [6.45, 7) is 14.8. The molecular weight excluding hydrogens is 192 g/mol. The van der Waals surface area contributed by atoms with Crippen LogP contribution >= 0.6 is 0 Å². The maximum Gasteiger partial charge on any atom is -0.0162 e. The first-order valence-corrected chi connectivity index (χ1v) is 6.34. The smallest absolute Gasteiger partial charge is 0.0162 e. The van der Waals surface area contributed by atoms with E-state index in [9.17, 15) is 0 Å². The highest BCUT2D eigenvalue weighted by Gasteiger charge is 2.11. The molecule has 0 saturated heterocycles. The van der Waals surface area contributed by atoms with Crippen molar-refractivity contribution in [2.45, 2.75) is 46.5 Å². The van der Waals surface area contributed by atoms with Crippen molar-refractivity contribution in [3.8, 4) is 0 Å². The zero-order valence-corrected chi connectivity index (χ0v) is 11.1. The molecule has 0 atom stereocenters. The standard InChI is InChI=1S/C16H26/c1-6-9-10-13-14(4)15(5)16(11-7-2)12-8-3/h6,9-10,13,16H,4-5,7-8,11-12H2,1-3H3/b9-6-,13-10-. The van der Waals surface area contributed by atoms with E-state index in [1.54, 1.807) is 0 Å². The summed E-state index contributed by atoms with van der Waals surface area (Å²) in [6, 6.07) is 0.